The number of amides is 1. The quantitative estimate of drug-likeness (QED) is 0.787. The summed E-state index contributed by atoms with van der Waals surface area (Å²) < 4.78 is 5.47. The van der Waals surface area contributed by atoms with Gasteiger partial charge in [0.1, 0.15) is 0 Å². The van der Waals surface area contributed by atoms with E-state index in [1.165, 1.54) is 11.3 Å². The standard InChI is InChI=1S/C10H14N2O2S/c13-10(9-2-1-5-15-9)12-7-8-6-11-3-4-14-8/h1-2,5,8,11H,3-4,6-7H2,(H,12,13). The molecule has 2 rings (SSSR count). The highest BCUT2D eigenvalue weighted by Crippen LogP contribution is 2.07. The highest BCUT2D eigenvalue weighted by molar-refractivity contribution is 7.12. The Morgan fingerprint density at radius 2 is 2.67 bits per heavy atom. The van der Waals surface area contributed by atoms with Gasteiger partial charge >= 0.3 is 0 Å². The van der Waals surface area contributed by atoms with Gasteiger partial charge < -0.3 is 15.4 Å². The Morgan fingerprint density at radius 3 is 3.33 bits per heavy atom. The second-order valence-electron chi connectivity index (χ2n) is 3.38. The Kier molecular flexibility index (Phi) is 3.71. The van der Waals surface area contributed by atoms with Crippen LogP contribution in [0.2, 0.25) is 0 Å². The van der Waals surface area contributed by atoms with E-state index in [9.17, 15) is 4.79 Å². The number of ether oxygens (including phenoxy) is 1. The van der Waals surface area contributed by atoms with Gasteiger partial charge in [-0.25, -0.2) is 0 Å². The third-order valence-electron chi connectivity index (χ3n) is 2.24. The minimum atomic E-state index is -0.0147. The fraction of sp³-hybridized carbons (Fsp3) is 0.500. The Labute approximate surface area is 92.6 Å². The van der Waals surface area contributed by atoms with E-state index in [1.807, 2.05) is 17.5 Å². The SMILES string of the molecule is O=C(NCC1CNCCO1)c1cccs1. The molecule has 15 heavy (non-hydrogen) atoms. The molecule has 1 aliphatic rings. The minimum Gasteiger partial charge on any atom is -0.374 e. The van der Waals surface area contributed by atoms with Crippen molar-refractivity contribution in [2.45, 2.75) is 6.10 Å². The van der Waals surface area contributed by atoms with E-state index in [1.54, 1.807) is 0 Å². The zero-order chi connectivity index (χ0) is 10.5. The number of rotatable bonds is 3. The van der Waals surface area contributed by atoms with E-state index in [4.69, 9.17) is 4.74 Å². The first-order chi connectivity index (χ1) is 7.36. The van der Waals surface area contributed by atoms with Crippen molar-refractivity contribution < 1.29 is 9.53 Å². The van der Waals surface area contributed by atoms with Crippen LogP contribution in [0.1, 0.15) is 9.67 Å². The number of nitrogens with one attached hydrogen (secondary N) is 2. The van der Waals surface area contributed by atoms with Crippen LogP contribution in [0.25, 0.3) is 0 Å². The zero-order valence-corrected chi connectivity index (χ0v) is 9.18. The van der Waals surface area contributed by atoms with E-state index < -0.39 is 0 Å². The maximum absolute atomic E-state index is 11.6. The number of hydrogen-bond donors (Lipinski definition) is 2. The smallest absolute Gasteiger partial charge is 0.261 e. The largest absolute Gasteiger partial charge is 0.374 e. The van der Waals surface area contributed by atoms with Crippen molar-refractivity contribution in [3.05, 3.63) is 22.4 Å². The molecule has 0 saturated carbocycles. The summed E-state index contributed by atoms with van der Waals surface area (Å²) in [6.45, 7) is 3.00. The van der Waals surface area contributed by atoms with Crippen molar-refractivity contribution in [3.63, 3.8) is 0 Å². The van der Waals surface area contributed by atoms with Crippen LogP contribution >= 0.6 is 11.3 Å². The summed E-state index contributed by atoms with van der Waals surface area (Å²) in [5.74, 6) is -0.0147. The molecular weight excluding hydrogens is 212 g/mol. The number of morpholine rings is 1. The van der Waals surface area contributed by atoms with Crippen molar-refractivity contribution in [1.29, 1.82) is 0 Å². The van der Waals surface area contributed by atoms with Gasteiger partial charge in [-0.3, -0.25) is 4.79 Å². The van der Waals surface area contributed by atoms with Gasteiger partial charge in [-0.15, -0.1) is 11.3 Å². The first kappa shape index (κ1) is 10.6. The second-order valence-corrected chi connectivity index (χ2v) is 4.33. The lowest BCUT2D eigenvalue weighted by Gasteiger charge is -2.23. The van der Waals surface area contributed by atoms with Gasteiger partial charge in [0.2, 0.25) is 0 Å². The lowest BCUT2D eigenvalue weighted by molar-refractivity contribution is 0.0287. The molecule has 1 atom stereocenters. The fourth-order valence-corrected chi connectivity index (χ4v) is 2.09. The second kappa shape index (κ2) is 5.25. The van der Waals surface area contributed by atoms with E-state index in [0.717, 1.165) is 24.6 Å². The fourth-order valence-electron chi connectivity index (χ4n) is 1.45. The molecule has 2 heterocycles. The number of carbonyl (C=O) groups is 1. The molecule has 5 heteroatoms. The van der Waals surface area contributed by atoms with Gasteiger partial charge in [-0.1, -0.05) is 6.07 Å². The monoisotopic (exact) mass is 226 g/mol. The summed E-state index contributed by atoms with van der Waals surface area (Å²) in [5.41, 5.74) is 0. The Balaban J connectivity index is 1.75. The Hall–Kier alpha value is -0.910. The highest BCUT2D eigenvalue weighted by Gasteiger charge is 2.14. The van der Waals surface area contributed by atoms with Crippen LogP contribution in [-0.2, 0) is 4.74 Å². The molecule has 0 spiro atoms. The topological polar surface area (TPSA) is 50.4 Å². The third-order valence-corrected chi connectivity index (χ3v) is 3.11. The molecule has 0 aromatic carbocycles. The predicted octanol–water partition coefficient (Wildman–Crippen LogP) is 0.466. The van der Waals surface area contributed by atoms with Crippen LogP contribution in [0.3, 0.4) is 0 Å². The molecule has 1 aliphatic heterocycles. The molecule has 0 bridgehead atoms. The van der Waals surface area contributed by atoms with Gasteiger partial charge in [0, 0.05) is 19.6 Å². The first-order valence-electron chi connectivity index (χ1n) is 5.00. The molecule has 1 fully saturated rings. The molecule has 1 amide bonds. The Bertz CT molecular complexity index is 307. The van der Waals surface area contributed by atoms with E-state index in [2.05, 4.69) is 10.6 Å². The lowest BCUT2D eigenvalue weighted by atomic mass is 10.3. The van der Waals surface area contributed by atoms with Crippen LogP contribution in [0, 0.1) is 0 Å². The molecule has 1 aromatic rings. The maximum atomic E-state index is 11.6. The van der Waals surface area contributed by atoms with Crippen LogP contribution < -0.4 is 10.6 Å². The molecule has 2 N–H and O–H groups in total. The number of hydrogen-bond acceptors (Lipinski definition) is 4. The van der Waals surface area contributed by atoms with Gasteiger partial charge in [-0.05, 0) is 11.4 Å². The molecule has 1 saturated heterocycles. The molecule has 1 aromatic heterocycles. The van der Waals surface area contributed by atoms with Crippen LogP contribution in [0.4, 0.5) is 0 Å². The number of carbonyl (C=O) groups excluding carboxylic acids is 1. The van der Waals surface area contributed by atoms with Crippen molar-refractivity contribution in [2.75, 3.05) is 26.2 Å². The molecule has 1 unspecified atom stereocenters. The molecule has 0 aliphatic carbocycles. The summed E-state index contributed by atoms with van der Waals surface area (Å²) in [4.78, 5) is 12.3. The van der Waals surface area contributed by atoms with Crippen molar-refractivity contribution in [1.82, 2.24) is 10.6 Å². The van der Waals surface area contributed by atoms with Gasteiger partial charge in [0.05, 0.1) is 17.6 Å². The third kappa shape index (κ3) is 3.02. The zero-order valence-electron chi connectivity index (χ0n) is 8.36. The summed E-state index contributed by atoms with van der Waals surface area (Å²) in [6.07, 6.45) is 0.0997. The van der Waals surface area contributed by atoms with E-state index in [-0.39, 0.29) is 12.0 Å². The molecular formula is C10H14N2O2S. The van der Waals surface area contributed by atoms with Crippen LogP contribution in [0.5, 0.6) is 0 Å². The highest BCUT2D eigenvalue weighted by atomic mass is 32.1. The lowest BCUT2D eigenvalue weighted by Crippen LogP contribution is -2.45. The van der Waals surface area contributed by atoms with Crippen molar-refractivity contribution >= 4 is 17.2 Å². The minimum absolute atomic E-state index is 0.0147. The Morgan fingerprint density at radius 1 is 1.73 bits per heavy atom. The van der Waals surface area contributed by atoms with Crippen LogP contribution in [-0.4, -0.2) is 38.3 Å². The average Bonchev–Trinajstić information content (AvgIpc) is 2.81. The predicted molar refractivity (Wildman–Crippen MR) is 59.3 cm³/mol. The van der Waals surface area contributed by atoms with Gasteiger partial charge in [-0.2, -0.15) is 0 Å². The first-order valence-corrected chi connectivity index (χ1v) is 5.88. The van der Waals surface area contributed by atoms with Crippen LogP contribution in [0.15, 0.2) is 17.5 Å². The van der Waals surface area contributed by atoms with Gasteiger partial charge in [0.25, 0.3) is 5.91 Å². The normalized spacial score (nSPS) is 21.2. The van der Waals surface area contributed by atoms with E-state index >= 15 is 0 Å². The summed E-state index contributed by atoms with van der Waals surface area (Å²) in [7, 11) is 0. The summed E-state index contributed by atoms with van der Waals surface area (Å²) in [5, 5.41) is 7.98. The van der Waals surface area contributed by atoms with Gasteiger partial charge in [0.15, 0.2) is 0 Å². The van der Waals surface area contributed by atoms with Crippen molar-refractivity contribution in [3.8, 4) is 0 Å². The van der Waals surface area contributed by atoms with Crippen molar-refractivity contribution in [2.24, 2.45) is 0 Å². The number of thiophene rings is 1. The maximum Gasteiger partial charge on any atom is 0.261 e. The molecule has 0 radical (unpaired) electrons. The summed E-state index contributed by atoms with van der Waals surface area (Å²) in [6, 6.07) is 3.69. The molecule has 82 valence electrons. The van der Waals surface area contributed by atoms with E-state index in [0.29, 0.717) is 6.54 Å². The average molecular weight is 226 g/mol. The summed E-state index contributed by atoms with van der Waals surface area (Å²) >= 11 is 1.45. The molecule has 4 nitrogen and oxygen atoms in total.